The molecule has 3 aliphatic rings. The predicted molar refractivity (Wildman–Crippen MR) is 186 cm³/mol. The molecule has 53 heavy (non-hydrogen) atoms. The van der Waals surface area contributed by atoms with E-state index in [1.165, 1.54) is 29.5 Å². The second-order valence-corrected chi connectivity index (χ2v) is 14.6. The van der Waals surface area contributed by atoms with E-state index in [9.17, 15) is 32.3 Å². The van der Waals surface area contributed by atoms with Gasteiger partial charge in [0.05, 0.1) is 16.9 Å². The van der Waals surface area contributed by atoms with E-state index >= 15 is 0 Å². The fraction of sp³-hybridized carbons (Fsp3) is 0.486. The number of ketones is 1. The van der Waals surface area contributed by atoms with Crippen LogP contribution in [0.2, 0.25) is 0 Å². The van der Waals surface area contributed by atoms with E-state index in [0.29, 0.717) is 71.5 Å². The standard InChI is InChI=1S/C37H40F3N9O4/c1-19-11-12-28(37(38,39)40)44-34(19)45-35(53)27-14-36-18-47(5)29(51)10-8-6-7-9-25-32-24(13-26(43-25)23-15-41-22(4)42-16-23)31(21(3)50)46-48(32)17-30(52)49(27)33(36)20(36)2/h11-13,15-16,20,27,33H,6-10,14,17-18H2,1-5H3,(H,44,45,53)/t20-,27-,33+,36+/m0/s1. The Morgan fingerprint density at radius 3 is 2.42 bits per heavy atom. The van der Waals surface area contributed by atoms with Crippen molar-refractivity contribution in [2.24, 2.45) is 11.3 Å². The molecule has 13 nitrogen and oxygen atoms in total. The quantitative estimate of drug-likeness (QED) is 0.287. The van der Waals surface area contributed by atoms with Crippen LogP contribution in [0, 0.1) is 25.2 Å². The van der Waals surface area contributed by atoms with Crippen molar-refractivity contribution in [2.45, 2.75) is 91.0 Å². The van der Waals surface area contributed by atoms with Gasteiger partial charge in [0.15, 0.2) is 5.78 Å². The largest absolute Gasteiger partial charge is 0.433 e. The number of anilines is 1. The first kappa shape index (κ1) is 36.1. The number of alkyl halides is 3. The minimum atomic E-state index is -4.73. The number of halogens is 3. The van der Waals surface area contributed by atoms with Crippen molar-refractivity contribution >= 4 is 40.2 Å². The molecule has 1 saturated carbocycles. The number of hydrogen-bond acceptors (Lipinski definition) is 9. The number of amides is 3. The van der Waals surface area contributed by atoms with Crippen LogP contribution >= 0.6 is 0 Å². The molecule has 0 aromatic carbocycles. The normalized spacial score (nSPS) is 23.7. The molecule has 0 unspecified atom stereocenters. The van der Waals surface area contributed by atoms with Crippen molar-refractivity contribution in [1.82, 2.24) is 39.5 Å². The highest BCUT2D eigenvalue weighted by atomic mass is 19.4. The van der Waals surface area contributed by atoms with Crippen molar-refractivity contribution in [1.29, 1.82) is 0 Å². The number of carbonyl (C=O) groups excluding carboxylic acids is 4. The van der Waals surface area contributed by atoms with Gasteiger partial charge in [-0.2, -0.15) is 18.3 Å². The molecule has 6 heterocycles. The summed E-state index contributed by atoms with van der Waals surface area (Å²) >= 11 is 0. The van der Waals surface area contributed by atoms with E-state index in [1.807, 2.05) is 6.92 Å². The average molecular weight is 732 g/mol. The second kappa shape index (κ2) is 13.3. The molecule has 1 saturated heterocycles. The van der Waals surface area contributed by atoms with Crippen LogP contribution in [0.1, 0.15) is 79.2 Å². The molecule has 7 rings (SSSR count). The highest BCUT2D eigenvalue weighted by Gasteiger charge is 2.73. The molecule has 2 fully saturated rings. The van der Waals surface area contributed by atoms with Crippen molar-refractivity contribution in [2.75, 3.05) is 18.9 Å². The number of Topliss-reactive ketones (excluding diaryl/α,β-unsaturated/α-hetero) is 1. The summed E-state index contributed by atoms with van der Waals surface area (Å²) in [7, 11) is 1.72. The van der Waals surface area contributed by atoms with E-state index in [2.05, 4.69) is 25.4 Å². The Kier molecular flexibility index (Phi) is 9.05. The van der Waals surface area contributed by atoms with E-state index < -0.39 is 41.2 Å². The summed E-state index contributed by atoms with van der Waals surface area (Å²) in [6, 6.07) is 2.32. The number of aromatic nitrogens is 6. The summed E-state index contributed by atoms with van der Waals surface area (Å²) in [5.41, 5.74) is 1.03. The zero-order valence-corrected chi connectivity index (χ0v) is 30.1. The van der Waals surface area contributed by atoms with Crippen LogP contribution in [0.5, 0.6) is 0 Å². The molecule has 2 bridgehead atoms. The first-order chi connectivity index (χ1) is 25.1. The lowest BCUT2D eigenvalue weighted by Crippen LogP contribution is -2.47. The van der Waals surface area contributed by atoms with Crippen LogP contribution in [0.25, 0.3) is 22.2 Å². The molecule has 4 aromatic rings. The number of pyridine rings is 2. The smallest absolute Gasteiger partial charge is 0.345 e. The molecule has 0 spiro atoms. The molecular weight excluding hydrogens is 691 g/mol. The van der Waals surface area contributed by atoms with Crippen molar-refractivity contribution < 1.29 is 32.3 Å². The Hall–Kier alpha value is -5.28. The Bertz CT molecular complexity index is 2150. The molecule has 1 N–H and O–H groups in total. The Balaban J connectivity index is 1.31. The van der Waals surface area contributed by atoms with Crippen LogP contribution in [0.3, 0.4) is 0 Å². The minimum absolute atomic E-state index is 0.0510. The van der Waals surface area contributed by atoms with Gasteiger partial charge in [-0.15, -0.1) is 0 Å². The summed E-state index contributed by atoms with van der Waals surface area (Å²) in [5.74, 6) is -1.24. The second-order valence-electron chi connectivity index (χ2n) is 14.6. The van der Waals surface area contributed by atoms with E-state index in [4.69, 9.17) is 4.98 Å². The number of nitrogens with one attached hydrogen (secondary N) is 1. The highest BCUT2D eigenvalue weighted by molar-refractivity contribution is 6.06. The van der Waals surface area contributed by atoms with Crippen LogP contribution in [0.4, 0.5) is 19.0 Å². The predicted octanol–water partition coefficient (Wildman–Crippen LogP) is 4.94. The zero-order chi connectivity index (χ0) is 38.0. The van der Waals surface area contributed by atoms with Crippen LogP contribution in [-0.2, 0) is 33.5 Å². The molecule has 1 aliphatic carbocycles. The summed E-state index contributed by atoms with van der Waals surface area (Å²) < 4.78 is 42.1. The lowest BCUT2D eigenvalue weighted by Gasteiger charge is -2.28. The number of hydrogen-bond donors (Lipinski definition) is 1. The molecule has 4 atom stereocenters. The first-order valence-corrected chi connectivity index (χ1v) is 17.7. The monoisotopic (exact) mass is 731 g/mol. The Labute approximate surface area is 303 Å². The Morgan fingerprint density at radius 1 is 1.00 bits per heavy atom. The Morgan fingerprint density at radius 2 is 1.72 bits per heavy atom. The van der Waals surface area contributed by atoms with Gasteiger partial charge in [-0.1, -0.05) is 19.4 Å². The molecular formula is C37H40F3N9O4. The molecule has 0 radical (unpaired) electrons. The highest BCUT2D eigenvalue weighted by Crippen LogP contribution is 2.64. The molecule has 2 aliphatic heterocycles. The van der Waals surface area contributed by atoms with Crippen molar-refractivity contribution in [3.63, 3.8) is 0 Å². The zero-order valence-electron chi connectivity index (χ0n) is 30.1. The van der Waals surface area contributed by atoms with Gasteiger partial charge >= 0.3 is 6.18 Å². The maximum absolute atomic E-state index is 14.6. The summed E-state index contributed by atoms with van der Waals surface area (Å²) in [5, 5.41) is 7.73. The van der Waals surface area contributed by atoms with Crippen LogP contribution in [-0.4, -0.2) is 88.7 Å². The van der Waals surface area contributed by atoms with Crippen LogP contribution in [0.15, 0.2) is 30.6 Å². The molecule has 3 amide bonds. The first-order valence-electron chi connectivity index (χ1n) is 17.7. The number of rotatable bonds is 4. The molecule has 278 valence electrons. The topological polar surface area (TPSA) is 156 Å². The van der Waals surface area contributed by atoms with E-state index in [1.54, 1.807) is 37.3 Å². The number of aryl methyl sites for hydroxylation is 3. The molecule has 16 heteroatoms. The number of carbonyl (C=O) groups is 4. The third-order valence-electron chi connectivity index (χ3n) is 11.0. The summed E-state index contributed by atoms with van der Waals surface area (Å²) in [6.45, 7) is 6.66. The fourth-order valence-electron chi connectivity index (χ4n) is 8.19. The van der Waals surface area contributed by atoms with Gasteiger partial charge in [-0.25, -0.2) is 15.0 Å². The number of piperidine rings is 1. The third kappa shape index (κ3) is 6.52. The van der Waals surface area contributed by atoms with Gasteiger partial charge in [0, 0.05) is 61.7 Å². The lowest BCUT2D eigenvalue weighted by molar-refractivity contribution is -0.141. The van der Waals surface area contributed by atoms with Crippen LogP contribution < -0.4 is 5.32 Å². The average Bonchev–Trinajstić information content (AvgIpc) is 3.36. The molecule has 4 aromatic heterocycles. The maximum Gasteiger partial charge on any atom is 0.433 e. The number of nitrogens with zero attached hydrogens (tertiary/aromatic N) is 8. The van der Waals surface area contributed by atoms with Gasteiger partial charge in [0.1, 0.15) is 35.6 Å². The van der Waals surface area contributed by atoms with Gasteiger partial charge in [0.2, 0.25) is 17.7 Å². The van der Waals surface area contributed by atoms with Gasteiger partial charge in [0.25, 0.3) is 0 Å². The SMILES string of the molecule is CC(=O)c1nn2c3c(nc(-c4cnc(C)nc4)cc13)CCCCCC(=O)N(C)C[C@@]13C[C@@H](C(=O)Nc4nc(C(F)(F)F)ccc4C)N(C(=O)C2)[C@@H]1[C@@H]3C. The van der Waals surface area contributed by atoms with Crippen molar-refractivity contribution in [3.8, 4) is 11.3 Å². The van der Waals surface area contributed by atoms with Gasteiger partial charge in [-0.3, -0.25) is 28.8 Å². The summed E-state index contributed by atoms with van der Waals surface area (Å²) in [4.78, 5) is 75.4. The maximum atomic E-state index is 14.6. The van der Waals surface area contributed by atoms with E-state index in [-0.39, 0.29) is 42.1 Å². The van der Waals surface area contributed by atoms with E-state index in [0.717, 1.165) is 12.5 Å². The third-order valence-corrected chi connectivity index (χ3v) is 11.0. The van der Waals surface area contributed by atoms with Crippen molar-refractivity contribution in [3.05, 3.63) is 59.1 Å². The summed E-state index contributed by atoms with van der Waals surface area (Å²) in [6.07, 6.45) is 1.61. The van der Waals surface area contributed by atoms with Gasteiger partial charge in [-0.05, 0) is 63.1 Å². The van der Waals surface area contributed by atoms with Gasteiger partial charge < -0.3 is 15.1 Å². The fourth-order valence-corrected chi connectivity index (χ4v) is 8.19. The lowest BCUT2D eigenvalue weighted by atomic mass is 9.95. The minimum Gasteiger partial charge on any atom is -0.345 e.